The second-order valence-corrected chi connectivity index (χ2v) is 5.76. The third-order valence-corrected chi connectivity index (χ3v) is 3.77. The molecule has 0 amide bonds. The fourth-order valence-corrected chi connectivity index (χ4v) is 2.48. The molecule has 1 unspecified atom stereocenters. The van der Waals surface area contributed by atoms with E-state index in [1.807, 2.05) is 18.2 Å². The average Bonchev–Trinajstić information content (AvgIpc) is 2.55. The fraction of sp³-hybridized carbons (Fsp3) is 0.632. The maximum atomic E-state index is 12.1. The Hall–Kier alpha value is -1.35. The molecule has 0 aliphatic rings. The Bertz CT molecular complexity index is 389. The first-order valence-corrected chi connectivity index (χ1v) is 8.53. The molecule has 1 rings (SSSR count). The first kappa shape index (κ1) is 18.7. The van der Waals surface area contributed by atoms with Crippen molar-refractivity contribution < 1.29 is 14.3 Å². The Morgan fingerprint density at radius 2 is 1.64 bits per heavy atom. The summed E-state index contributed by atoms with van der Waals surface area (Å²) in [5.41, 5.74) is 0.600. The molecule has 0 aliphatic heterocycles. The molecular weight excluding hydrogens is 276 g/mol. The van der Waals surface area contributed by atoms with E-state index in [1.54, 1.807) is 19.2 Å². The van der Waals surface area contributed by atoms with Crippen molar-refractivity contribution in [3.63, 3.8) is 0 Å². The smallest absolute Gasteiger partial charge is 0.338 e. The van der Waals surface area contributed by atoms with Gasteiger partial charge in [0.1, 0.15) is 6.10 Å². The van der Waals surface area contributed by atoms with Crippen molar-refractivity contribution in [2.45, 2.75) is 64.4 Å². The van der Waals surface area contributed by atoms with Gasteiger partial charge in [-0.3, -0.25) is 0 Å². The fourth-order valence-electron chi connectivity index (χ4n) is 2.48. The molecule has 0 radical (unpaired) electrons. The van der Waals surface area contributed by atoms with Gasteiger partial charge < -0.3 is 9.47 Å². The van der Waals surface area contributed by atoms with Crippen molar-refractivity contribution in [2.75, 3.05) is 13.7 Å². The third kappa shape index (κ3) is 8.18. The highest BCUT2D eigenvalue weighted by atomic mass is 16.6. The lowest BCUT2D eigenvalue weighted by atomic mass is 10.1. The average molecular weight is 306 g/mol. The van der Waals surface area contributed by atoms with Crippen LogP contribution in [0.5, 0.6) is 0 Å². The summed E-state index contributed by atoms with van der Waals surface area (Å²) in [4.78, 5) is 12.1. The minimum Gasteiger partial charge on any atom is -0.456 e. The van der Waals surface area contributed by atoms with Gasteiger partial charge in [0.15, 0.2) is 0 Å². The zero-order valence-electron chi connectivity index (χ0n) is 14.1. The van der Waals surface area contributed by atoms with E-state index < -0.39 is 0 Å². The lowest BCUT2D eigenvalue weighted by Crippen LogP contribution is -2.23. The highest BCUT2D eigenvalue weighted by Crippen LogP contribution is 2.13. The molecule has 1 aromatic rings. The first-order valence-electron chi connectivity index (χ1n) is 8.53. The van der Waals surface area contributed by atoms with Crippen LogP contribution in [0.3, 0.4) is 0 Å². The second-order valence-electron chi connectivity index (χ2n) is 5.76. The molecule has 1 atom stereocenters. The zero-order valence-corrected chi connectivity index (χ0v) is 14.1. The normalized spacial score (nSPS) is 12.1. The summed E-state index contributed by atoms with van der Waals surface area (Å²) in [7, 11) is 1.65. The molecule has 3 nitrogen and oxygen atoms in total. The largest absolute Gasteiger partial charge is 0.456 e. The van der Waals surface area contributed by atoms with Crippen molar-refractivity contribution in [2.24, 2.45) is 0 Å². The Labute approximate surface area is 135 Å². The number of hydrogen-bond donors (Lipinski definition) is 0. The van der Waals surface area contributed by atoms with Gasteiger partial charge in [0, 0.05) is 7.11 Å². The SMILES string of the molecule is CCCCCCCCCC(COC)OC(=O)c1ccccc1. The van der Waals surface area contributed by atoms with E-state index in [9.17, 15) is 4.79 Å². The maximum absolute atomic E-state index is 12.1. The summed E-state index contributed by atoms with van der Waals surface area (Å²) in [5, 5.41) is 0. The maximum Gasteiger partial charge on any atom is 0.338 e. The zero-order chi connectivity index (χ0) is 16.0. The summed E-state index contributed by atoms with van der Waals surface area (Å²) in [6, 6.07) is 9.14. The molecule has 0 saturated heterocycles. The predicted octanol–water partition coefficient (Wildman–Crippen LogP) is 5.00. The van der Waals surface area contributed by atoms with Crippen LogP contribution in [-0.2, 0) is 9.47 Å². The van der Waals surface area contributed by atoms with Crippen LogP contribution in [0.25, 0.3) is 0 Å². The lowest BCUT2D eigenvalue weighted by molar-refractivity contribution is 0.00237. The second kappa shape index (κ2) is 12.2. The van der Waals surface area contributed by atoms with E-state index in [0.717, 1.165) is 12.8 Å². The number of unbranched alkanes of at least 4 members (excludes halogenated alkanes) is 6. The van der Waals surface area contributed by atoms with E-state index in [0.29, 0.717) is 12.2 Å². The molecule has 0 aromatic heterocycles. The number of methoxy groups -OCH3 is 1. The van der Waals surface area contributed by atoms with Crippen molar-refractivity contribution >= 4 is 5.97 Å². The van der Waals surface area contributed by atoms with Gasteiger partial charge in [0.25, 0.3) is 0 Å². The Balaban J connectivity index is 2.25. The lowest BCUT2D eigenvalue weighted by Gasteiger charge is -2.17. The van der Waals surface area contributed by atoms with E-state index in [2.05, 4.69) is 6.92 Å². The molecule has 0 fully saturated rings. The van der Waals surface area contributed by atoms with Crippen LogP contribution in [-0.4, -0.2) is 25.8 Å². The van der Waals surface area contributed by atoms with Gasteiger partial charge in [-0.15, -0.1) is 0 Å². The van der Waals surface area contributed by atoms with Gasteiger partial charge in [0.2, 0.25) is 0 Å². The van der Waals surface area contributed by atoms with Gasteiger partial charge in [0.05, 0.1) is 12.2 Å². The van der Waals surface area contributed by atoms with Crippen LogP contribution < -0.4 is 0 Å². The highest BCUT2D eigenvalue weighted by molar-refractivity contribution is 5.89. The van der Waals surface area contributed by atoms with Crippen molar-refractivity contribution in [1.29, 1.82) is 0 Å². The van der Waals surface area contributed by atoms with Crippen LogP contribution >= 0.6 is 0 Å². The first-order chi connectivity index (χ1) is 10.8. The number of rotatable bonds is 12. The van der Waals surface area contributed by atoms with Crippen LogP contribution in [0, 0.1) is 0 Å². The number of esters is 1. The summed E-state index contributed by atoms with van der Waals surface area (Å²) >= 11 is 0. The quantitative estimate of drug-likeness (QED) is 0.403. The molecule has 124 valence electrons. The minimum absolute atomic E-state index is 0.145. The van der Waals surface area contributed by atoms with Crippen LogP contribution in [0.15, 0.2) is 30.3 Å². The number of carbonyl (C=O) groups is 1. The van der Waals surface area contributed by atoms with E-state index in [1.165, 1.54) is 38.5 Å². The number of ether oxygens (including phenoxy) is 2. The monoisotopic (exact) mass is 306 g/mol. The van der Waals surface area contributed by atoms with Crippen molar-refractivity contribution in [3.8, 4) is 0 Å². The molecule has 0 spiro atoms. The minimum atomic E-state index is -0.259. The molecule has 0 heterocycles. The van der Waals surface area contributed by atoms with Crippen LogP contribution in [0.1, 0.15) is 68.6 Å². The van der Waals surface area contributed by atoms with Gasteiger partial charge in [-0.25, -0.2) is 4.79 Å². The van der Waals surface area contributed by atoms with Crippen molar-refractivity contribution in [3.05, 3.63) is 35.9 Å². The van der Waals surface area contributed by atoms with Gasteiger partial charge in [-0.1, -0.05) is 63.6 Å². The van der Waals surface area contributed by atoms with Gasteiger partial charge in [-0.05, 0) is 25.0 Å². The highest BCUT2D eigenvalue weighted by Gasteiger charge is 2.15. The Morgan fingerprint density at radius 3 is 2.27 bits per heavy atom. The predicted molar refractivity (Wildman–Crippen MR) is 90.1 cm³/mol. The number of hydrogen-bond acceptors (Lipinski definition) is 3. The van der Waals surface area contributed by atoms with E-state index in [4.69, 9.17) is 9.47 Å². The molecule has 0 bridgehead atoms. The summed E-state index contributed by atoms with van der Waals surface area (Å²) in [6.07, 6.45) is 9.55. The van der Waals surface area contributed by atoms with Crippen LogP contribution in [0.4, 0.5) is 0 Å². The molecule has 0 N–H and O–H groups in total. The molecule has 0 saturated carbocycles. The summed E-state index contributed by atoms with van der Waals surface area (Å²) in [5.74, 6) is -0.259. The number of carbonyl (C=O) groups excluding carboxylic acids is 1. The van der Waals surface area contributed by atoms with Gasteiger partial charge >= 0.3 is 5.97 Å². The number of benzene rings is 1. The van der Waals surface area contributed by atoms with Crippen LogP contribution in [0.2, 0.25) is 0 Å². The summed E-state index contributed by atoms with van der Waals surface area (Å²) < 4.78 is 10.7. The Morgan fingerprint density at radius 1 is 1.00 bits per heavy atom. The summed E-state index contributed by atoms with van der Waals surface area (Å²) in [6.45, 7) is 2.70. The molecule has 3 heteroatoms. The molecular formula is C19H30O3. The Kier molecular flexibility index (Phi) is 10.4. The van der Waals surface area contributed by atoms with E-state index in [-0.39, 0.29) is 12.1 Å². The van der Waals surface area contributed by atoms with Gasteiger partial charge in [-0.2, -0.15) is 0 Å². The molecule has 1 aromatic carbocycles. The van der Waals surface area contributed by atoms with Crippen molar-refractivity contribution in [1.82, 2.24) is 0 Å². The molecule has 0 aliphatic carbocycles. The van der Waals surface area contributed by atoms with E-state index >= 15 is 0 Å². The topological polar surface area (TPSA) is 35.5 Å². The molecule has 22 heavy (non-hydrogen) atoms. The third-order valence-electron chi connectivity index (χ3n) is 3.77. The standard InChI is InChI=1S/C19H30O3/c1-3-4-5-6-7-8-12-15-18(16-21-2)22-19(20)17-13-10-9-11-14-17/h9-11,13-14,18H,3-8,12,15-16H2,1-2H3.